The Bertz CT molecular complexity index is 892. The molecule has 1 aromatic carbocycles. The van der Waals surface area contributed by atoms with Gasteiger partial charge in [-0.05, 0) is 51.6 Å². The van der Waals surface area contributed by atoms with Gasteiger partial charge in [0.1, 0.15) is 5.82 Å². The number of esters is 1. The largest absolute Gasteiger partial charge is 0.462 e. The minimum Gasteiger partial charge on any atom is -0.462 e. The van der Waals surface area contributed by atoms with Gasteiger partial charge in [0.2, 0.25) is 5.91 Å². The Hall–Kier alpha value is -3.00. The molecule has 8 heteroatoms. The van der Waals surface area contributed by atoms with E-state index in [1.165, 1.54) is 23.1 Å². The number of carbonyl (C=O) groups excluding carboxylic acids is 3. The fraction of sp³-hybridized carbons (Fsp3) is 0.350. The number of H-pyrrole nitrogens is 1. The molecule has 7 nitrogen and oxygen atoms in total. The summed E-state index contributed by atoms with van der Waals surface area (Å²) in [6.45, 7) is 5.26. The third kappa shape index (κ3) is 5.26. The van der Waals surface area contributed by atoms with Gasteiger partial charge >= 0.3 is 5.97 Å². The van der Waals surface area contributed by atoms with Crippen LogP contribution in [0.1, 0.15) is 39.0 Å². The molecule has 1 amide bonds. The zero-order valence-electron chi connectivity index (χ0n) is 16.4. The van der Waals surface area contributed by atoms with Crippen molar-refractivity contribution in [1.29, 1.82) is 0 Å². The van der Waals surface area contributed by atoms with Crippen LogP contribution in [0.2, 0.25) is 0 Å². The lowest BCUT2D eigenvalue weighted by Gasteiger charge is -2.15. The molecule has 2 N–H and O–H groups in total. The average Bonchev–Trinajstić information content (AvgIpc) is 2.89. The van der Waals surface area contributed by atoms with Crippen LogP contribution < -0.4 is 5.32 Å². The van der Waals surface area contributed by atoms with Crippen LogP contribution in [0.15, 0.2) is 24.3 Å². The molecule has 0 atom stereocenters. The number of hydrogen-bond acceptors (Lipinski definition) is 5. The van der Waals surface area contributed by atoms with Crippen molar-refractivity contribution in [3.05, 3.63) is 52.6 Å². The van der Waals surface area contributed by atoms with Crippen LogP contribution in [-0.4, -0.2) is 54.3 Å². The summed E-state index contributed by atoms with van der Waals surface area (Å²) in [5, 5.41) is 2.58. The van der Waals surface area contributed by atoms with Gasteiger partial charge in [0.15, 0.2) is 5.78 Å². The second-order valence-corrected chi connectivity index (χ2v) is 6.50. The van der Waals surface area contributed by atoms with E-state index in [4.69, 9.17) is 4.74 Å². The van der Waals surface area contributed by atoms with Crippen molar-refractivity contribution in [3.63, 3.8) is 0 Å². The summed E-state index contributed by atoms with van der Waals surface area (Å²) < 4.78 is 18.2. The van der Waals surface area contributed by atoms with Gasteiger partial charge in [0.05, 0.1) is 31.0 Å². The molecule has 0 bridgehead atoms. The van der Waals surface area contributed by atoms with Crippen molar-refractivity contribution in [2.75, 3.05) is 32.1 Å². The highest BCUT2D eigenvalue weighted by atomic mass is 19.1. The van der Waals surface area contributed by atoms with Crippen molar-refractivity contribution in [3.8, 4) is 0 Å². The standard InChI is InChI=1S/C20H24FN3O4/c1-5-28-20(27)18-12(2)19(22-13(18)3)16(25)10-24(4)11-17(26)23-15-8-6-7-14(21)9-15/h6-9,22H,5,10-11H2,1-4H3,(H,23,26). The Morgan fingerprint density at radius 1 is 1.21 bits per heavy atom. The normalized spacial score (nSPS) is 10.8. The fourth-order valence-electron chi connectivity index (χ4n) is 2.93. The van der Waals surface area contributed by atoms with Crippen LogP contribution in [-0.2, 0) is 9.53 Å². The van der Waals surface area contributed by atoms with Gasteiger partial charge in [-0.25, -0.2) is 9.18 Å². The predicted octanol–water partition coefficient (Wildman–Crippen LogP) is 2.70. The Morgan fingerprint density at radius 2 is 1.93 bits per heavy atom. The first-order valence-corrected chi connectivity index (χ1v) is 8.86. The molecule has 0 radical (unpaired) electrons. The summed E-state index contributed by atoms with van der Waals surface area (Å²) in [6, 6.07) is 5.57. The van der Waals surface area contributed by atoms with E-state index < -0.39 is 11.8 Å². The van der Waals surface area contributed by atoms with E-state index in [1.807, 2.05) is 0 Å². The third-order valence-corrected chi connectivity index (χ3v) is 4.13. The first kappa shape index (κ1) is 21.3. The molecule has 2 aromatic rings. The van der Waals surface area contributed by atoms with Crippen LogP contribution in [0.4, 0.5) is 10.1 Å². The quantitative estimate of drug-likeness (QED) is 0.535. The van der Waals surface area contributed by atoms with Gasteiger partial charge in [-0.3, -0.25) is 14.5 Å². The number of aryl methyl sites for hydroxylation is 1. The number of benzene rings is 1. The Kier molecular flexibility index (Phi) is 7.06. The summed E-state index contributed by atoms with van der Waals surface area (Å²) >= 11 is 0. The van der Waals surface area contributed by atoms with Gasteiger partial charge in [-0.1, -0.05) is 6.07 Å². The zero-order chi connectivity index (χ0) is 20.8. The number of likely N-dealkylation sites (N-methyl/N-ethyl adjacent to an activating group) is 1. The lowest BCUT2D eigenvalue weighted by molar-refractivity contribution is -0.116. The summed E-state index contributed by atoms with van der Waals surface area (Å²) in [5.41, 5.74) is 2.11. The maximum Gasteiger partial charge on any atom is 0.340 e. The number of amides is 1. The molecule has 0 saturated carbocycles. The molecule has 150 valence electrons. The highest BCUT2D eigenvalue weighted by molar-refractivity contribution is 6.02. The minimum absolute atomic E-state index is 0.0281. The smallest absolute Gasteiger partial charge is 0.340 e. The molecule has 1 aromatic heterocycles. The lowest BCUT2D eigenvalue weighted by Crippen LogP contribution is -2.34. The summed E-state index contributed by atoms with van der Waals surface area (Å²) in [7, 11) is 1.63. The van der Waals surface area contributed by atoms with Gasteiger partial charge < -0.3 is 15.0 Å². The first-order valence-electron chi connectivity index (χ1n) is 8.86. The second-order valence-electron chi connectivity index (χ2n) is 6.50. The molecule has 0 aliphatic heterocycles. The Morgan fingerprint density at radius 3 is 2.57 bits per heavy atom. The number of hydrogen-bond donors (Lipinski definition) is 2. The highest BCUT2D eigenvalue weighted by Gasteiger charge is 2.23. The highest BCUT2D eigenvalue weighted by Crippen LogP contribution is 2.19. The van der Waals surface area contributed by atoms with Gasteiger partial charge in [-0.2, -0.15) is 0 Å². The van der Waals surface area contributed by atoms with E-state index in [0.717, 1.165) is 0 Å². The second kappa shape index (κ2) is 9.27. The van der Waals surface area contributed by atoms with E-state index in [0.29, 0.717) is 28.2 Å². The molecular weight excluding hydrogens is 365 g/mol. The van der Waals surface area contributed by atoms with E-state index in [9.17, 15) is 18.8 Å². The number of nitrogens with one attached hydrogen (secondary N) is 2. The summed E-state index contributed by atoms with van der Waals surface area (Å²) in [4.78, 5) is 41.2. The van der Waals surface area contributed by atoms with E-state index in [-0.39, 0.29) is 31.4 Å². The topological polar surface area (TPSA) is 91.5 Å². The predicted molar refractivity (Wildman–Crippen MR) is 103 cm³/mol. The molecular formula is C20H24FN3O4. The number of rotatable bonds is 8. The van der Waals surface area contributed by atoms with Crippen molar-refractivity contribution in [2.45, 2.75) is 20.8 Å². The summed E-state index contributed by atoms with van der Waals surface area (Å²) in [5.74, 6) is -1.54. The van der Waals surface area contributed by atoms with Crippen molar-refractivity contribution >= 4 is 23.3 Å². The van der Waals surface area contributed by atoms with E-state index >= 15 is 0 Å². The van der Waals surface area contributed by atoms with Crippen LogP contribution in [0.25, 0.3) is 0 Å². The molecule has 0 aliphatic rings. The molecule has 0 aliphatic carbocycles. The molecule has 0 fully saturated rings. The Labute approximate surface area is 162 Å². The molecule has 0 spiro atoms. The van der Waals surface area contributed by atoms with Crippen LogP contribution >= 0.6 is 0 Å². The van der Waals surface area contributed by atoms with Crippen molar-refractivity contribution < 1.29 is 23.5 Å². The number of anilines is 1. The van der Waals surface area contributed by atoms with E-state index in [1.54, 1.807) is 33.9 Å². The number of nitrogens with zero attached hydrogens (tertiary/aromatic N) is 1. The number of aromatic amines is 1. The molecule has 28 heavy (non-hydrogen) atoms. The molecule has 1 heterocycles. The fourth-order valence-corrected chi connectivity index (χ4v) is 2.93. The summed E-state index contributed by atoms with van der Waals surface area (Å²) in [6.07, 6.45) is 0. The van der Waals surface area contributed by atoms with Gasteiger partial charge in [-0.15, -0.1) is 0 Å². The van der Waals surface area contributed by atoms with Crippen molar-refractivity contribution in [2.24, 2.45) is 0 Å². The van der Waals surface area contributed by atoms with E-state index in [2.05, 4.69) is 10.3 Å². The first-order chi connectivity index (χ1) is 13.2. The van der Waals surface area contributed by atoms with Crippen LogP contribution in [0.5, 0.6) is 0 Å². The molecule has 2 rings (SSSR count). The van der Waals surface area contributed by atoms with Crippen LogP contribution in [0, 0.1) is 19.7 Å². The van der Waals surface area contributed by atoms with Crippen LogP contribution in [0.3, 0.4) is 0 Å². The maximum absolute atomic E-state index is 13.2. The van der Waals surface area contributed by atoms with Gasteiger partial charge in [0, 0.05) is 11.4 Å². The zero-order valence-corrected chi connectivity index (χ0v) is 16.4. The monoisotopic (exact) mass is 389 g/mol. The van der Waals surface area contributed by atoms with Crippen molar-refractivity contribution in [1.82, 2.24) is 9.88 Å². The molecule has 0 saturated heterocycles. The average molecular weight is 389 g/mol. The Balaban J connectivity index is 1.99. The SMILES string of the molecule is CCOC(=O)c1c(C)[nH]c(C(=O)CN(C)CC(=O)Nc2cccc(F)c2)c1C. The van der Waals surface area contributed by atoms with Gasteiger partial charge in [0.25, 0.3) is 0 Å². The molecule has 0 unspecified atom stereocenters. The lowest BCUT2D eigenvalue weighted by atomic mass is 10.1. The number of ketones is 1. The number of halogens is 1. The number of ether oxygens (including phenoxy) is 1. The number of Topliss-reactive ketones (excluding diaryl/α,β-unsaturated/α-hetero) is 1. The third-order valence-electron chi connectivity index (χ3n) is 4.13. The minimum atomic E-state index is -0.476. The maximum atomic E-state index is 13.2. The number of carbonyl (C=O) groups is 3. The number of aromatic nitrogens is 1.